The van der Waals surface area contributed by atoms with E-state index >= 15 is 0 Å². The van der Waals surface area contributed by atoms with Gasteiger partial charge < -0.3 is 0 Å². The first-order chi connectivity index (χ1) is 14.0. The summed E-state index contributed by atoms with van der Waals surface area (Å²) in [6, 6.07) is 18.1. The van der Waals surface area contributed by atoms with Crippen LogP contribution in [0.25, 0.3) is 10.2 Å². The molecular formula is C23H23N4OS+. The van der Waals surface area contributed by atoms with Gasteiger partial charge in [0.1, 0.15) is 6.04 Å². The van der Waals surface area contributed by atoms with Gasteiger partial charge in [-0.05, 0) is 23.1 Å². The summed E-state index contributed by atoms with van der Waals surface area (Å²) in [6.07, 6.45) is 1.41. The Kier molecular flexibility index (Phi) is 4.24. The lowest BCUT2D eigenvalue weighted by Crippen LogP contribution is -2.82. The number of carbonyl (C=O) groups excluding carboxylic acids is 1. The number of hydrogen-bond acceptors (Lipinski definition) is 5. The number of aromatic nitrogens is 1. The number of carbonyl (C=O) groups is 1. The maximum absolute atomic E-state index is 13.0. The number of para-hydroxylation sites is 1. The number of rotatable bonds is 2. The molecule has 3 aromatic rings. The van der Waals surface area contributed by atoms with Crippen molar-refractivity contribution in [3.63, 3.8) is 0 Å². The van der Waals surface area contributed by atoms with E-state index in [0.717, 1.165) is 44.6 Å². The van der Waals surface area contributed by atoms with Gasteiger partial charge in [0.15, 0.2) is 5.78 Å². The number of anilines is 1. The molecule has 29 heavy (non-hydrogen) atoms. The summed E-state index contributed by atoms with van der Waals surface area (Å²) in [4.78, 5) is 21.2. The van der Waals surface area contributed by atoms with E-state index in [2.05, 4.69) is 52.7 Å². The predicted octanol–water partition coefficient (Wildman–Crippen LogP) is 3.13. The maximum atomic E-state index is 13.0. The first-order valence-corrected chi connectivity index (χ1v) is 10.6. The monoisotopic (exact) mass is 403 g/mol. The van der Waals surface area contributed by atoms with Crippen LogP contribution in [0, 0.1) is 5.41 Å². The van der Waals surface area contributed by atoms with E-state index < -0.39 is 0 Å². The number of thiazole rings is 1. The van der Waals surface area contributed by atoms with Crippen LogP contribution in [-0.4, -0.2) is 16.7 Å². The van der Waals surface area contributed by atoms with Gasteiger partial charge in [-0.15, -0.1) is 0 Å². The number of nitrogens with zero attached hydrogens (tertiary/aromatic N) is 1. The fourth-order valence-electron chi connectivity index (χ4n) is 4.18. The second kappa shape index (κ2) is 6.81. The zero-order valence-electron chi connectivity index (χ0n) is 16.5. The Morgan fingerprint density at radius 3 is 2.66 bits per heavy atom. The summed E-state index contributed by atoms with van der Waals surface area (Å²) >= 11 is 1.61. The summed E-state index contributed by atoms with van der Waals surface area (Å²) in [7, 11) is 0. The molecule has 0 amide bonds. The third kappa shape index (κ3) is 3.44. The lowest BCUT2D eigenvalue weighted by atomic mass is 9.73. The van der Waals surface area contributed by atoms with Crippen LogP contribution in [0.15, 0.2) is 65.9 Å². The first kappa shape index (κ1) is 18.1. The van der Waals surface area contributed by atoms with Crippen molar-refractivity contribution < 1.29 is 9.79 Å². The van der Waals surface area contributed by atoms with Gasteiger partial charge in [-0.2, -0.15) is 0 Å². The van der Waals surface area contributed by atoms with Crippen molar-refractivity contribution in [3.05, 3.63) is 71.4 Å². The minimum Gasteiger partial charge on any atom is -0.294 e. The molecule has 0 radical (unpaired) electrons. The van der Waals surface area contributed by atoms with E-state index in [1.807, 2.05) is 36.4 Å². The van der Waals surface area contributed by atoms with Crippen molar-refractivity contribution in [3.8, 4) is 0 Å². The number of hydrogen-bond donors (Lipinski definition) is 3. The Morgan fingerprint density at radius 1 is 1.10 bits per heavy atom. The molecule has 3 N–H and O–H groups in total. The Bertz CT molecular complexity index is 1130. The fraction of sp³-hybridized carbons (Fsp3) is 0.261. The molecule has 146 valence electrons. The third-order valence-corrected chi connectivity index (χ3v) is 6.38. The van der Waals surface area contributed by atoms with Gasteiger partial charge in [-0.1, -0.05) is 67.6 Å². The van der Waals surface area contributed by atoms with Gasteiger partial charge in [-0.3, -0.25) is 9.79 Å². The molecule has 5 rings (SSSR count). The van der Waals surface area contributed by atoms with Crippen molar-refractivity contribution in [2.24, 2.45) is 5.41 Å². The molecule has 1 aliphatic heterocycles. The van der Waals surface area contributed by atoms with Crippen molar-refractivity contribution in [1.29, 1.82) is 0 Å². The predicted molar refractivity (Wildman–Crippen MR) is 117 cm³/mol. The van der Waals surface area contributed by atoms with Crippen molar-refractivity contribution in [1.82, 2.24) is 10.3 Å². The number of guanidine groups is 1. The highest BCUT2D eigenvalue weighted by atomic mass is 32.1. The molecular weight excluding hydrogens is 380 g/mol. The van der Waals surface area contributed by atoms with Crippen LogP contribution in [0.3, 0.4) is 0 Å². The SMILES string of the molecule is CC1(C)CC(=O)C2=C(C1)NC(Nc1nc3ccccc3s1)=[NH+][C@H]2c1ccccc1. The highest BCUT2D eigenvalue weighted by molar-refractivity contribution is 7.22. The van der Waals surface area contributed by atoms with Crippen LogP contribution in [-0.2, 0) is 4.79 Å². The van der Waals surface area contributed by atoms with Gasteiger partial charge in [0.25, 0.3) is 5.13 Å². The van der Waals surface area contributed by atoms with E-state index in [1.165, 1.54) is 0 Å². The van der Waals surface area contributed by atoms with E-state index in [9.17, 15) is 4.79 Å². The summed E-state index contributed by atoms with van der Waals surface area (Å²) in [5.41, 5.74) is 3.86. The summed E-state index contributed by atoms with van der Waals surface area (Å²) in [5, 5.41) is 7.67. The molecule has 5 nitrogen and oxygen atoms in total. The van der Waals surface area contributed by atoms with Crippen LogP contribution >= 0.6 is 11.3 Å². The molecule has 2 aromatic carbocycles. The molecule has 0 bridgehead atoms. The van der Waals surface area contributed by atoms with Crippen LogP contribution in [0.2, 0.25) is 0 Å². The van der Waals surface area contributed by atoms with Crippen LogP contribution in [0.1, 0.15) is 38.3 Å². The van der Waals surface area contributed by atoms with Gasteiger partial charge in [0.05, 0.1) is 21.5 Å². The molecule has 0 saturated carbocycles. The largest absolute Gasteiger partial charge is 0.355 e. The third-order valence-electron chi connectivity index (χ3n) is 5.43. The molecule has 0 saturated heterocycles. The van der Waals surface area contributed by atoms with Crippen molar-refractivity contribution in [2.45, 2.75) is 32.7 Å². The average molecular weight is 404 g/mol. The summed E-state index contributed by atoms with van der Waals surface area (Å²) in [5.74, 6) is 0.978. The molecule has 2 aliphatic rings. The van der Waals surface area contributed by atoms with Gasteiger partial charge in [0, 0.05) is 12.8 Å². The molecule has 0 unspecified atom stereocenters. The topological polar surface area (TPSA) is 68.0 Å². The number of allylic oxidation sites excluding steroid dienone is 1. The van der Waals surface area contributed by atoms with Crippen molar-refractivity contribution in [2.75, 3.05) is 5.32 Å². The normalized spacial score (nSPS) is 20.8. The molecule has 2 heterocycles. The molecule has 1 aliphatic carbocycles. The van der Waals surface area contributed by atoms with Crippen LogP contribution < -0.4 is 15.6 Å². The second-order valence-electron chi connectivity index (χ2n) is 8.43. The molecule has 6 heteroatoms. The molecule has 0 spiro atoms. The summed E-state index contributed by atoms with van der Waals surface area (Å²) in [6.45, 7) is 4.30. The number of fused-ring (bicyclic) bond motifs is 1. The van der Waals surface area contributed by atoms with E-state index in [4.69, 9.17) is 0 Å². The van der Waals surface area contributed by atoms with Gasteiger partial charge in [-0.25, -0.2) is 15.6 Å². The fourth-order valence-corrected chi connectivity index (χ4v) is 5.05. The Balaban J connectivity index is 1.54. The zero-order chi connectivity index (χ0) is 20.0. The lowest BCUT2D eigenvalue weighted by Gasteiger charge is -2.34. The first-order valence-electron chi connectivity index (χ1n) is 9.83. The maximum Gasteiger partial charge on any atom is 0.355 e. The molecule has 1 aromatic heterocycles. The second-order valence-corrected chi connectivity index (χ2v) is 9.46. The Hall–Kier alpha value is -2.99. The molecule has 1 atom stereocenters. The number of Topliss-reactive ketones (excluding diaryl/α,β-unsaturated/α-hetero) is 1. The number of nitrogens with one attached hydrogen (secondary N) is 3. The quantitative estimate of drug-likeness (QED) is 0.615. The van der Waals surface area contributed by atoms with Gasteiger partial charge >= 0.3 is 5.96 Å². The minimum atomic E-state index is -0.173. The standard InChI is InChI=1S/C23H22N4OS/c1-23(2)12-16-19(17(28)13-23)20(14-8-4-3-5-9-14)26-21(24-16)27-22-25-15-10-6-7-11-18(15)29-22/h3-11,20H,12-13H2,1-2H3,(H2,24,25,26,27)/p+1/t20-/m0/s1. The van der Waals surface area contributed by atoms with E-state index in [-0.39, 0.29) is 17.2 Å². The number of ketones is 1. The smallest absolute Gasteiger partial charge is 0.294 e. The summed E-state index contributed by atoms with van der Waals surface area (Å²) < 4.78 is 1.14. The number of benzene rings is 2. The molecule has 0 fully saturated rings. The van der Waals surface area contributed by atoms with Crippen molar-refractivity contribution >= 4 is 38.4 Å². The minimum absolute atomic E-state index is 0.0531. The highest BCUT2D eigenvalue weighted by Crippen LogP contribution is 2.39. The van der Waals surface area contributed by atoms with Crippen LogP contribution in [0.4, 0.5) is 5.13 Å². The zero-order valence-corrected chi connectivity index (χ0v) is 17.3. The average Bonchev–Trinajstić information content (AvgIpc) is 3.09. The van der Waals surface area contributed by atoms with E-state index in [1.54, 1.807) is 11.3 Å². The lowest BCUT2D eigenvalue weighted by molar-refractivity contribution is -0.502. The van der Waals surface area contributed by atoms with Gasteiger partial charge in [0.2, 0.25) is 0 Å². The van der Waals surface area contributed by atoms with Crippen LogP contribution in [0.5, 0.6) is 0 Å². The Morgan fingerprint density at radius 2 is 1.86 bits per heavy atom. The van der Waals surface area contributed by atoms with E-state index in [0.29, 0.717) is 6.42 Å². The highest BCUT2D eigenvalue weighted by Gasteiger charge is 2.41. The Labute approximate surface area is 173 Å².